The molecule has 0 amide bonds. The van der Waals surface area contributed by atoms with E-state index in [4.69, 9.17) is 14.2 Å². The summed E-state index contributed by atoms with van der Waals surface area (Å²) in [5.74, 6) is -0.685. The number of carbonyl (C=O) groups is 3. The number of Topliss-reactive ketones (excluding diaryl/α,β-unsaturated/α-hetero) is 1. The maximum absolute atomic E-state index is 13.1. The van der Waals surface area contributed by atoms with E-state index in [1.165, 1.54) is 13.8 Å². The zero-order valence-corrected chi connectivity index (χ0v) is 15.0. The van der Waals surface area contributed by atoms with Crippen LogP contribution in [0.15, 0.2) is 0 Å². The van der Waals surface area contributed by atoms with Crippen LogP contribution in [0.2, 0.25) is 0 Å². The Morgan fingerprint density at radius 1 is 1.12 bits per heavy atom. The van der Waals surface area contributed by atoms with Crippen molar-refractivity contribution >= 4 is 17.7 Å². The number of esters is 2. The fraction of sp³-hybridized carbons (Fsp3) is 0.833. The normalized spacial score (nSPS) is 43.0. The first-order valence-corrected chi connectivity index (χ1v) is 8.56. The molecule has 1 spiro atoms. The van der Waals surface area contributed by atoms with Crippen LogP contribution in [0.4, 0.5) is 0 Å². The second-order valence-corrected chi connectivity index (χ2v) is 8.32. The van der Waals surface area contributed by atoms with Gasteiger partial charge >= 0.3 is 11.9 Å². The van der Waals surface area contributed by atoms with Crippen LogP contribution < -0.4 is 0 Å². The summed E-state index contributed by atoms with van der Waals surface area (Å²) in [5.41, 5.74) is -1.75. The molecule has 1 aliphatic heterocycles. The van der Waals surface area contributed by atoms with Crippen molar-refractivity contribution in [1.29, 1.82) is 0 Å². The van der Waals surface area contributed by atoms with Crippen LogP contribution in [0.25, 0.3) is 0 Å². The largest absolute Gasteiger partial charge is 0.459 e. The van der Waals surface area contributed by atoms with Crippen molar-refractivity contribution in [3.05, 3.63) is 0 Å². The van der Waals surface area contributed by atoms with Crippen molar-refractivity contribution in [1.82, 2.24) is 0 Å². The fourth-order valence-electron chi connectivity index (χ4n) is 5.20. The van der Waals surface area contributed by atoms with Crippen LogP contribution in [0, 0.1) is 16.7 Å². The Balaban J connectivity index is 1.99. The highest BCUT2D eigenvalue weighted by molar-refractivity contribution is 5.96. The Hall–Kier alpha value is -1.43. The molecule has 134 valence electrons. The molecule has 0 aromatic carbocycles. The summed E-state index contributed by atoms with van der Waals surface area (Å²) in [6, 6.07) is 0. The van der Waals surface area contributed by atoms with E-state index >= 15 is 0 Å². The Kier molecular flexibility index (Phi) is 3.83. The third kappa shape index (κ3) is 2.46. The van der Waals surface area contributed by atoms with Gasteiger partial charge in [-0.1, -0.05) is 20.8 Å². The summed E-state index contributed by atoms with van der Waals surface area (Å²) < 4.78 is 16.5. The van der Waals surface area contributed by atoms with Crippen molar-refractivity contribution in [3.63, 3.8) is 0 Å². The van der Waals surface area contributed by atoms with Crippen LogP contribution in [-0.2, 0) is 28.6 Å². The number of hydrogen-bond acceptors (Lipinski definition) is 6. The molecule has 0 bridgehead atoms. The molecule has 3 rings (SSSR count). The summed E-state index contributed by atoms with van der Waals surface area (Å²) >= 11 is 0. The standard InChI is InChI=1S/C18H26O6/c1-10(19)23-12-8-17(5)13(6-7-18(9-22-18)15(17)21)16(3,4)14(12)24-11(2)20/h12-14H,6-9H2,1-5H3/t12-,13?,14+,17?,18-/m1/s1. The first kappa shape index (κ1) is 17.4. The molecule has 24 heavy (non-hydrogen) atoms. The van der Waals surface area contributed by atoms with Gasteiger partial charge in [0.15, 0.2) is 11.4 Å². The first-order chi connectivity index (χ1) is 11.0. The number of carbonyl (C=O) groups excluding carboxylic acids is 3. The van der Waals surface area contributed by atoms with E-state index in [1.807, 2.05) is 20.8 Å². The molecule has 6 heteroatoms. The summed E-state index contributed by atoms with van der Waals surface area (Å²) in [5, 5.41) is 0. The molecular weight excluding hydrogens is 312 g/mol. The molecule has 1 saturated heterocycles. The Morgan fingerprint density at radius 3 is 2.21 bits per heavy atom. The highest BCUT2D eigenvalue weighted by Crippen LogP contribution is 2.61. The zero-order valence-electron chi connectivity index (χ0n) is 15.0. The molecular formula is C18H26O6. The Morgan fingerprint density at radius 2 is 1.71 bits per heavy atom. The van der Waals surface area contributed by atoms with Gasteiger partial charge in [0.1, 0.15) is 12.2 Å². The smallest absolute Gasteiger partial charge is 0.303 e. The lowest BCUT2D eigenvalue weighted by Crippen LogP contribution is -2.64. The van der Waals surface area contributed by atoms with Crippen molar-refractivity contribution in [2.24, 2.45) is 16.7 Å². The number of fused-ring (bicyclic) bond motifs is 1. The average molecular weight is 338 g/mol. The first-order valence-electron chi connectivity index (χ1n) is 8.56. The van der Waals surface area contributed by atoms with Gasteiger partial charge in [0.25, 0.3) is 0 Å². The minimum Gasteiger partial charge on any atom is -0.459 e. The van der Waals surface area contributed by atoms with Crippen LogP contribution >= 0.6 is 0 Å². The van der Waals surface area contributed by atoms with E-state index in [9.17, 15) is 14.4 Å². The second-order valence-electron chi connectivity index (χ2n) is 8.32. The van der Waals surface area contributed by atoms with Gasteiger partial charge in [-0.25, -0.2) is 0 Å². The van der Waals surface area contributed by atoms with Crippen LogP contribution in [0.1, 0.15) is 53.9 Å². The summed E-state index contributed by atoms with van der Waals surface area (Å²) in [4.78, 5) is 36.3. The quantitative estimate of drug-likeness (QED) is 0.566. The number of epoxide rings is 1. The highest BCUT2D eigenvalue weighted by Gasteiger charge is 2.69. The molecule has 0 radical (unpaired) electrons. The summed E-state index contributed by atoms with van der Waals surface area (Å²) in [6.07, 6.45) is 0.725. The van der Waals surface area contributed by atoms with Gasteiger partial charge in [-0.3, -0.25) is 14.4 Å². The molecule has 3 fully saturated rings. The van der Waals surface area contributed by atoms with Gasteiger partial charge in [-0.15, -0.1) is 0 Å². The molecule has 2 aliphatic carbocycles. The molecule has 5 atom stereocenters. The maximum Gasteiger partial charge on any atom is 0.303 e. The van der Waals surface area contributed by atoms with Crippen LogP contribution in [0.3, 0.4) is 0 Å². The molecule has 2 unspecified atom stereocenters. The number of rotatable bonds is 2. The minimum absolute atomic E-state index is 0.0449. The van der Waals surface area contributed by atoms with E-state index < -0.39 is 40.6 Å². The lowest BCUT2D eigenvalue weighted by atomic mass is 9.48. The SMILES string of the molecule is CC(=O)O[C@@H]1CC2(C)C(=O)[C@@]3(CCC2C(C)(C)[C@H]1OC(C)=O)CO3. The molecule has 1 heterocycles. The predicted octanol–water partition coefficient (Wildman–Crippen LogP) is 2.03. The van der Waals surface area contributed by atoms with E-state index in [0.29, 0.717) is 19.4 Å². The van der Waals surface area contributed by atoms with Crippen LogP contribution in [0.5, 0.6) is 0 Å². The van der Waals surface area contributed by atoms with Gasteiger partial charge in [-0.2, -0.15) is 0 Å². The van der Waals surface area contributed by atoms with Gasteiger partial charge < -0.3 is 14.2 Å². The summed E-state index contributed by atoms with van der Waals surface area (Å²) in [7, 11) is 0. The second kappa shape index (κ2) is 5.28. The molecule has 2 saturated carbocycles. The zero-order chi connectivity index (χ0) is 17.9. The third-order valence-electron chi connectivity index (χ3n) is 6.24. The van der Waals surface area contributed by atoms with E-state index in [-0.39, 0.29) is 11.7 Å². The van der Waals surface area contributed by atoms with Gasteiger partial charge in [-0.05, 0) is 18.8 Å². The van der Waals surface area contributed by atoms with Gasteiger partial charge in [0.2, 0.25) is 0 Å². The average Bonchev–Trinajstić information content (AvgIpc) is 3.20. The Bertz CT molecular complexity index is 590. The number of ether oxygens (including phenoxy) is 3. The molecule has 6 nitrogen and oxygen atoms in total. The number of ketones is 1. The lowest BCUT2D eigenvalue weighted by molar-refractivity contribution is -0.212. The summed E-state index contributed by atoms with van der Waals surface area (Å²) in [6.45, 7) is 9.12. The van der Waals surface area contributed by atoms with Crippen molar-refractivity contribution < 1.29 is 28.6 Å². The predicted molar refractivity (Wildman–Crippen MR) is 84.0 cm³/mol. The Labute approximate surface area is 142 Å². The molecule has 0 N–H and O–H groups in total. The topological polar surface area (TPSA) is 82.2 Å². The van der Waals surface area contributed by atoms with E-state index in [1.54, 1.807) is 0 Å². The van der Waals surface area contributed by atoms with Crippen molar-refractivity contribution in [2.75, 3.05) is 6.61 Å². The van der Waals surface area contributed by atoms with Gasteiger partial charge in [0.05, 0.1) is 6.61 Å². The molecule has 0 aromatic rings. The molecule has 3 aliphatic rings. The maximum atomic E-state index is 13.1. The minimum atomic E-state index is -0.644. The van der Waals surface area contributed by atoms with E-state index in [2.05, 4.69) is 0 Å². The molecule has 0 aromatic heterocycles. The third-order valence-corrected chi connectivity index (χ3v) is 6.24. The van der Waals surface area contributed by atoms with Crippen LogP contribution in [-0.4, -0.2) is 42.1 Å². The monoisotopic (exact) mass is 338 g/mol. The highest BCUT2D eigenvalue weighted by atomic mass is 16.6. The lowest BCUT2D eigenvalue weighted by Gasteiger charge is -2.57. The fourth-order valence-corrected chi connectivity index (χ4v) is 5.20. The van der Waals surface area contributed by atoms with Crippen molar-refractivity contribution in [3.8, 4) is 0 Å². The van der Waals surface area contributed by atoms with E-state index in [0.717, 1.165) is 6.42 Å². The number of hydrogen-bond donors (Lipinski definition) is 0. The van der Waals surface area contributed by atoms with Crippen molar-refractivity contribution in [2.45, 2.75) is 71.7 Å². The van der Waals surface area contributed by atoms with Gasteiger partial charge in [0, 0.05) is 31.1 Å².